The topological polar surface area (TPSA) is 58.4 Å². The minimum Gasteiger partial charge on any atom is -0.360 e. The molecule has 1 saturated carbocycles. The van der Waals surface area contributed by atoms with Crippen LogP contribution in [0.15, 0.2) is 4.52 Å². The molecule has 3 aliphatic rings. The highest BCUT2D eigenvalue weighted by atomic mass is 19.3. The molecule has 0 unspecified atom stereocenters. The van der Waals surface area contributed by atoms with E-state index in [0.29, 0.717) is 31.6 Å². The molecule has 108 valence electrons. The second-order valence-corrected chi connectivity index (χ2v) is 6.01. The van der Waals surface area contributed by atoms with Gasteiger partial charge in [-0.05, 0) is 12.8 Å². The fourth-order valence-corrected chi connectivity index (χ4v) is 3.34. The number of nitrogens with zero attached hydrogens (tertiary/aromatic N) is 2. The van der Waals surface area contributed by atoms with Crippen LogP contribution >= 0.6 is 0 Å². The number of alkyl halides is 2. The number of amides is 1. The Balaban J connectivity index is 1.66. The van der Waals surface area contributed by atoms with Crippen LogP contribution in [0.1, 0.15) is 41.1 Å². The lowest BCUT2D eigenvalue weighted by Crippen LogP contribution is -2.39. The van der Waals surface area contributed by atoms with Crippen molar-refractivity contribution in [3.63, 3.8) is 0 Å². The maximum absolute atomic E-state index is 13.6. The Bertz CT molecular complexity index is 580. The summed E-state index contributed by atoms with van der Waals surface area (Å²) in [5.74, 6) is -2.50. The molecule has 1 aromatic heterocycles. The first-order chi connectivity index (χ1) is 9.51. The van der Waals surface area contributed by atoms with Crippen molar-refractivity contribution < 1.29 is 18.1 Å². The minimum absolute atomic E-state index is 0.205. The fourth-order valence-electron chi connectivity index (χ4n) is 3.34. The van der Waals surface area contributed by atoms with Gasteiger partial charge in [0, 0.05) is 37.0 Å². The van der Waals surface area contributed by atoms with E-state index in [1.165, 1.54) is 4.90 Å². The Morgan fingerprint density at radius 3 is 2.95 bits per heavy atom. The zero-order valence-corrected chi connectivity index (χ0v) is 10.9. The zero-order valence-electron chi connectivity index (χ0n) is 10.9. The largest absolute Gasteiger partial charge is 0.360 e. The van der Waals surface area contributed by atoms with Crippen LogP contribution in [-0.2, 0) is 13.0 Å². The number of hydrogen-bond donors (Lipinski definition) is 1. The van der Waals surface area contributed by atoms with E-state index in [-0.39, 0.29) is 12.1 Å². The summed E-state index contributed by atoms with van der Waals surface area (Å²) in [6, 6.07) is 0. The monoisotopic (exact) mass is 283 g/mol. The lowest BCUT2D eigenvalue weighted by molar-refractivity contribution is 0.0116. The molecule has 2 fully saturated rings. The van der Waals surface area contributed by atoms with Gasteiger partial charge in [0.2, 0.25) is 0 Å². The Kier molecular flexibility index (Phi) is 2.32. The second kappa shape index (κ2) is 3.78. The number of carbonyl (C=O) groups is 1. The number of carbonyl (C=O) groups excluding carboxylic acids is 1. The van der Waals surface area contributed by atoms with E-state index in [4.69, 9.17) is 4.52 Å². The predicted molar refractivity (Wildman–Crippen MR) is 64.5 cm³/mol. The molecule has 20 heavy (non-hydrogen) atoms. The van der Waals surface area contributed by atoms with E-state index in [2.05, 4.69) is 10.5 Å². The first kappa shape index (κ1) is 12.3. The van der Waals surface area contributed by atoms with Gasteiger partial charge in [-0.25, -0.2) is 8.78 Å². The van der Waals surface area contributed by atoms with Crippen molar-refractivity contribution in [1.29, 1.82) is 0 Å². The Hall–Kier alpha value is -1.50. The number of fused-ring (bicyclic) bond motifs is 1. The maximum Gasteiger partial charge on any atom is 0.277 e. The van der Waals surface area contributed by atoms with Gasteiger partial charge in [-0.15, -0.1) is 0 Å². The molecule has 1 spiro atoms. The molecule has 0 bridgehead atoms. The van der Waals surface area contributed by atoms with E-state index < -0.39 is 23.9 Å². The van der Waals surface area contributed by atoms with Crippen molar-refractivity contribution in [3.8, 4) is 0 Å². The third-order valence-corrected chi connectivity index (χ3v) is 4.52. The van der Waals surface area contributed by atoms with Crippen LogP contribution in [-0.4, -0.2) is 40.5 Å². The van der Waals surface area contributed by atoms with Crippen molar-refractivity contribution >= 4 is 5.91 Å². The molecule has 1 saturated heterocycles. The second-order valence-electron chi connectivity index (χ2n) is 6.01. The summed E-state index contributed by atoms with van der Waals surface area (Å²) in [4.78, 5) is 13.9. The molecule has 1 aromatic rings. The van der Waals surface area contributed by atoms with E-state index in [9.17, 15) is 13.6 Å². The summed E-state index contributed by atoms with van der Waals surface area (Å²) in [6.07, 6.45) is 1.78. The summed E-state index contributed by atoms with van der Waals surface area (Å²) >= 11 is 0. The summed E-state index contributed by atoms with van der Waals surface area (Å²) in [6.45, 7) is 0.791. The van der Waals surface area contributed by atoms with E-state index in [0.717, 1.165) is 12.1 Å². The molecule has 1 aliphatic carbocycles. The molecule has 0 radical (unpaired) electrons. The highest BCUT2D eigenvalue weighted by Gasteiger charge is 2.63. The third-order valence-electron chi connectivity index (χ3n) is 4.52. The van der Waals surface area contributed by atoms with Crippen molar-refractivity contribution in [2.75, 3.05) is 13.1 Å². The van der Waals surface area contributed by atoms with Gasteiger partial charge < -0.3 is 14.7 Å². The average molecular weight is 283 g/mol. The average Bonchev–Trinajstić information content (AvgIpc) is 2.95. The summed E-state index contributed by atoms with van der Waals surface area (Å²) in [5.41, 5.74) is 0.303. The quantitative estimate of drug-likeness (QED) is 0.845. The highest BCUT2D eigenvalue weighted by Crippen LogP contribution is 2.54. The van der Waals surface area contributed by atoms with Crippen LogP contribution in [0.25, 0.3) is 0 Å². The Morgan fingerprint density at radius 1 is 1.40 bits per heavy atom. The SMILES string of the molecule is O=C(c1noc2c1CNCC2)N1CC(F)(F)CC12CC2. The van der Waals surface area contributed by atoms with Gasteiger partial charge in [0.25, 0.3) is 11.8 Å². The molecular formula is C13H15F2N3O2. The Morgan fingerprint density at radius 2 is 2.20 bits per heavy atom. The molecule has 3 heterocycles. The molecule has 5 nitrogen and oxygen atoms in total. The molecule has 2 aliphatic heterocycles. The normalized spacial score (nSPS) is 25.8. The molecule has 0 atom stereocenters. The highest BCUT2D eigenvalue weighted by molar-refractivity contribution is 5.95. The molecule has 1 N–H and O–H groups in total. The van der Waals surface area contributed by atoms with Crippen LogP contribution in [0, 0.1) is 0 Å². The zero-order chi connectivity index (χ0) is 14.0. The molecule has 0 aromatic carbocycles. The van der Waals surface area contributed by atoms with E-state index >= 15 is 0 Å². The van der Waals surface area contributed by atoms with Gasteiger partial charge in [0.05, 0.1) is 6.54 Å². The number of likely N-dealkylation sites (tertiary alicyclic amines) is 1. The first-order valence-corrected chi connectivity index (χ1v) is 6.89. The van der Waals surface area contributed by atoms with Crippen LogP contribution < -0.4 is 5.32 Å². The van der Waals surface area contributed by atoms with Crippen LogP contribution in [0.4, 0.5) is 8.78 Å². The number of hydrogen-bond acceptors (Lipinski definition) is 4. The van der Waals surface area contributed by atoms with Gasteiger partial charge in [-0.2, -0.15) is 0 Å². The molecule has 1 amide bonds. The van der Waals surface area contributed by atoms with Crippen molar-refractivity contribution in [1.82, 2.24) is 15.4 Å². The first-order valence-electron chi connectivity index (χ1n) is 6.89. The predicted octanol–water partition coefficient (Wildman–Crippen LogP) is 1.33. The summed E-state index contributed by atoms with van der Waals surface area (Å²) in [5, 5.41) is 6.98. The van der Waals surface area contributed by atoms with Gasteiger partial charge >= 0.3 is 0 Å². The van der Waals surface area contributed by atoms with Crippen LogP contribution in [0.5, 0.6) is 0 Å². The number of halogens is 2. The molecular weight excluding hydrogens is 268 g/mol. The van der Waals surface area contributed by atoms with E-state index in [1.54, 1.807) is 0 Å². The van der Waals surface area contributed by atoms with Crippen molar-refractivity contribution in [3.05, 3.63) is 17.0 Å². The minimum atomic E-state index is -2.78. The third kappa shape index (κ3) is 1.69. The fraction of sp³-hybridized carbons (Fsp3) is 0.692. The maximum atomic E-state index is 13.6. The molecule has 4 rings (SSSR count). The Labute approximate surface area is 114 Å². The standard InChI is InChI=1S/C13H15F2N3O2/c14-13(15)6-12(2-3-12)18(7-13)11(19)10-8-5-16-4-1-9(8)20-17-10/h16H,1-7H2. The van der Waals surface area contributed by atoms with Crippen LogP contribution in [0.2, 0.25) is 0 Å². The van der Waals surface area contributed by atoms with Gasteiger partial charge in [-0.3, -0.25) is 4.79 Å². The number of nitrogens with one attached hydrogen (secondary N) is 1. The van der Waals surface area contributed by atoms with Crippen molar-refractivity contribution in [2.45, 2.75) is 43.7 Å². The van der Waals surface area contributed by atoms with Crippen molar-refractivity contribution in [2.24, 2.45) is 0 Å². The van der Waals surface area contributed by atoms with Gasteiger partial charge in [0.15, 0.2) is 5.69 Å². The lowest BCUT2D eigenvalue weighted by Gasteiger charge is -2.23. The lowest BCUT2D eigenvalue weighted by atomic mass is 10.1. The van der Waals surface area contributed by atoms with Gasteiger partial charge in [-0.1, -0.05) is 5.16 Å². The summed E-state index contributed by atoms with van der Waals surface area (Å²) in [7, 11) is 0. The summed E-state index contributed by atoms with van der Waals surface area (Å²) < 4.78 is 32.4. The van der Waals surface area contributed by atoms with E-state index in [1.807, 2.05) is 0 Å². The van der Waals surface area contributed by atoms with Crippen LogP contribution in [0.3, 0.4) is 0 Å². The van der Waals surface area contributed by atoms with Gasteiger partial charge in [0.1, 0.15) is 5.76 Å². The molecule has 7 heteroatoms. The smallest absolute Gasteiger partial charge is 0.277 e. The number of rotatable bonds is 1. The number of aromatic nitrogens is 1.